The molecule has 17 heavy (non-hydrogen) atoms. The molecule has 1 N–H and O–H groups in total. The fourth-order valence-corrected chi connectivity index (χ4v) is 1.28. The molecule has 0 amide bonds. The minimum absolute atomic E-state index is 0.0877. The van der Waals surface area contributed by atoms with Gasteiger partial charge in [-0.05, 0) is 18.8 Å². The molecule has 0 aromatic heterocycles. The summed E-state index contributed by atoms with van der Waals surface area (Å²) >= 11 is 0. The predicted molar refractivity (Wildman–Crippen MR) is 62.4 cm³/mol. The number of carboxylic acids is 1. The second-order valence-electron chi connectivity index (χ2n) is 4.03. The molecule has 0 rings (SSSR count). The van der Waals surface area contributed by atoms with Crippen molar-refractivity contribution in [2.24, 2.45) is 5.92 Å². The predicted octanol–water partition coefficient (Wildman–Crippen LogP) is 1.97. The Labute approximate surface area is 101 Å². The molecule has 98 valence electrons. The molecule has 0 aromatic rings. The van der Waals surface area contributed by atoms with E-state index in [1.807, 2.05) is 13.8 Å². The summed E-state index contributed by atoms with van der Waals surface area (Å²) in [7, 11) is 1.29. The van der Waals surface area contributed by atoms with E-state index >= 15 is 0 Å². The highest BCUT2D eigenvalue weighted by atomic mass is 16.5. The van der Waals surface area contributed by atoms with Gasteiger partial charge in [0.15, 0.2) is 0 Å². The first-order valence-electron chi connectivity index (χ1n) is 5.59. The van der Waals surface area contributed by atoms with Gasteiger partial charge in [0.2, 0.25) is 0 Å². The van der Waals surface area contributed by atoms with Gasteiger partial charge in [-0.15, -0.1) is 0 Å². The molecule has 1 unspecified atom stereocenters. The van der Waals surface area contributed by atoms with E-state index in [1.54, 1.807) is 0 Å². The van der Waals surface area contributed by atoms with E-state index in [0.717, 1.165) is 0 Å². The summed E-state index contributed by atoms with van der Waals surface area (Å²) in [4.78, 5) is 21.2. The van der Waals surface area contributed by atoms with E-state index in [1.165, 1.54) is 19.4 Å². The van der Waals surface area contributed by atoms with Crippen LogP contribution >= 0.6 is 0 Å². The van der Waals surface area contributed by atoms with Gasteiger partial charge in [-0.1, -0.05) is 13.8 Å². The van der Waals surface area contributed by atoms with Crippen LogP contribution in [-0.2, 0) is 19.1 Å². The number of aliphatic carboxylic acids is 1. The van der Waals surface area contributed by atoms with Crippen LogP contribution in [0.4, 0.5) is 0 Å². The number of ether oxygens (including phenoxy) is 2. The van der Waals surface area contributed by atoms with Gasteiger partial charge in [0.05, 0.1) is 19.4 Å². The standard InChI is InChI=1S/C12H20O5/c1-9(2)10(5-4-6-11(13)14)17-8-7-12(15)16-3/h7-10H,4-6H2,1-3H3,(H,13,14)/b8-7+. The highest BCUT2D eigenvalue weighted by Gasteiger charge is 2.13. The van der Waals surface area contributed by atoms with Crippen molar-refractivity contribution in [2.75, 3.05) is 7.11 Å². The lowest BCUT2D eigenvalue weighted by Gasteiger charge is -2.19. The van der Waals surface area contributed by atoms with Crippen molar-refractivity contribution in [3.63, 3.8) is 0 Å². The molecule has 0 fully saturated rings. The first-order valence-corrected chi connectivity index (χ1v) is 5.59. The van der Waals surface area contributed by atoms with E-state index < -0.39 is 11.9 Å². The molecule has 0 aromatic carbocycles. The number of hydrogen-bond donors (Lipinski definition) is 1. The third kappa shape index (κ3) is 8.30. The third-order valence-electron chi connectivity index (χ3n) is 2.28. The summed E-state index contributed by atoms with van der Waals surface area (Å²) in [6.45, 7) is 3.97. The van der Waals surface area contributed by atoms with E-state index in [2.05, 4.69) is 4.74 Å². The molecular formula is C12H20O5. The van der Waals surface area contributed by atoms with Crippen LogP contribution in [0.5, 0.6) is 0 Å². The second kappa shape index (κ2) is 8.61. The van der Waals surface area contributed by atoms with Crippen LogP contribution in [0.3, 0.4) is 0 Å². The van der Waals surface area contributed by atoms with Gasteiger partial charge in [0.1, 0.15) is 6.10 Å². The van der Waals surface area contributed by atoms with Crippen LogP contribution in [-0.4, -0.2) is 30.3 Å². The molecule has 0 radical (unpaired) electrons. The zero-order valence-electron chi connectivity index (χ0n) is 10.5. The number of esters is 1. The van der Waals surface area contributed by atoms with Gasteiger partial charge in [0.25, 0.3) is 0 Å². The lowest BCUT2D eigenvalue weighted by atomic mass is 10.0. The Balaban J connectivity index is 4.02. The minimum atomic E-state index is -0.808. The maximum Gasteiger partial charge on any atom is 0.333 e. The lowest BCUT2D eigenvalue weighted by molar-refractivity contribution is -0.137. The van der Waals surface area contributed by atoms with Crippen LogP contribution in [0.25, 0.3) is 0 Å². The van der Waals surface area contributed by atoms with E-state index in [4.69, 9.17) is 9.84 Å². The highest BCUT2D eigenvalue weighted by Crippen LogP contribution is 2.14. The van der Waals surface area contributed by atoms with Crippen molar-refractivity contribution in [3.8, 4) is 0 Å². The molecule has 0 saturated carbocycles. The number of hydrogen-bond acceptors (Lipinski definition) is 4. The zero-order chi connectivity index (χ0) is 13.3. The van der Waals surface area contributed by atoms with Crippen molar-refractivity contribution < 1.29 is 24.2 Å². The van der Waals surface area contributed by atoms with Crippen molar-refractivity contribution in [1.29, 1.82) is 0 Å². The summed E-state index contributed by atoms with van der Waals surface area (Å²) in [6.07, 6.45) is 3.76. The molecule has 0 spiro atoms. The molecular weight excluding hydrogens is 224 g/mol. The van der Waals surface area contributed by atoms with Gasteiger partial charge >= 0.3 is 11.9 Å². The molecule has 0 heterocycles. The van der Waals surface area contributed by atoms with Gasteiger partial charge in [-0.2, -0.15) is 0 Å². The average Bonchev–Trinajstić information content (AvgIpc) is 2.25. The Morgan fingerprint density at radius 2 is 2.00 bits per heavy atom. The van der Waals surface area contributed by atoms with Gasteiger partial charge in [-0.25, -0.2) is 4.79 Å². The Bertz CT molecular complexity index is 270. The van der Waals surface area contributed by atoms with Crippen LogP contribution < -0.4 is 0 Å². The number of carbonyl (C=O) groups is 2. The van der Waals surface area contributed by atoms with Crippen molar-refractivity contribution in [1.82, 2.24) is 0 Å². The number of methoxy groups -OCH3 is 1. The fourth-order valence-electron chi connectivity index (χ4n) is 1.28. The van der Waals surface area contributed by atoms with Crippen LogP contribution in [0.2, 0.25) is 0 Å². The maximum absolute atomic E-state index is 10.8. The normalized spacial score (nSPS) is 12.7. The lowest BCUT2D eigenvalue weighted by Crippen LogP contribution is -2.18. The third-order valence-corrected chi connectivity index (χ3v) is 2.28. The van der Waals surface area contributed by atoms with Crippen molar-refractivity contribution in [3.05, 3.63) is 12.3 Å². The van der Waals surface area contributed by atoms with Gasteiger partial charge in [0, 0.05) is 6.42 Å². The number of carbonyl (C=O) groups excluding carboxylic acids is 1. The SMILES string of the molecule is COC(=O)/C=C/OC(CCCC(=O)O)C(C)C. The van der Waals surface area contributed by atoms with E-state index in [-0.39, 0.29) is 18.4 Å². The Morgan fingerprint density at radius 3 is 2.47 bits per heavy atom. The largest absolute Gasteiger partial charge is 0.498 e. The minimum Gasteiger partial charge on any atom is -0.498 e. The van der Waals surface area contributed by atoms with Crippen LogP contribution in [0.1, 0.15) is 33.1 Å². The number of carboxylic acid groups (broad SMARTS) is 1. The van der Waals surface area contributed by atoms with Gasteiger partial charge < -0.3 is 14.6 Å². The molecule has 0 aliphatic carbocycles. The summed E-state index contributed by atoms with van der Waals surface area (Å²) in [5.74, 6) is -1.03. The first-order chi connectivity index (χ1) is 7.97. The molecule has 5 heteroatoms. The Kier molecular flexibility index (Phi) is 7.84. The van der Waals surface area contributed by atoms with E-state index in [9.17, 15) is 9.59 Å². The maximum atomic E-state index is 10.8. The molecule has 1 atom stereocenters. The second-order valence-corrected chi connectivity index (χ2v) is 4.03. The summed E-state index contributed by atoms with van der Waals surface area (Å²) in [5.41, 5.74) is 0. The number of rotatable bonds is 8. The molecule has 0 saturated heterocycles. The quantitative estimate of drug-likeness (QED) is 0.401. The Morgan fingerprint density at radius 1 is 1.35 bits per heavy atom. The molecule has 0 bridgehead atoms. The Hall–Kier alpha value is -1.52. The average molecular weight is 244 g/mol. The van der Waals surface area contributed by atoms with E-state index in [0.29, 0.717) is 12.8 Å². The topological polar surface area (TPSA) is 72.8 Å². The zero-order valence-corrected chi connectivity index (χ0v) is 10.5. The van der Waals surface area contributed by atoms with Crippen molar-refractivity contribution >= 4 is 11.9 Å². The summed E-state index contributed by atoms with van der Waals surface area (Å²) in [6, 6.07) is 0. The molecule has 0 aliphatic rings. The van der Waals surface area contributed by atoms with Crippen LogP contribution in [0, 0.1) is 5.92 Å². The molecule has 5 nitrogen and oxygen atoms in total. The van der Waals surface area contributed by atoms with Crippen molar-refractivity contribution in [2.45, 2.75) is 39.2 Å². The fraction of sp³-hybridized carbons (Fsp3) is 0.667. The molecule has 0 aliphatic heterocycles. The summed E-state index contributed by atoms with van der Waals surface area (Å²) in [5, 5.41) is 8.53. The smallest absolute Gasteiger partial charge is 0.333 e. The van der Waals surface area contributed by atoms with Crippen LogP contribution in [0.15, 0.2) is 12.3 Å². The van der Waals surface area contributed by atoms with Gasteiger partial charge in [-0.3, -0.25) is 4.79 Å². The monoisotopic (exact) mass is 244 g/mol. The summed E-state index contributed by atoms with van der Waals surface area (Å²) < 4.78 is 9.81. The first kappa shape index (κ1) is 15.5. The highest BCUT2D eigenvalue weighted by molar-refractivity contribution is 5.81.